The normalized spacial score (nSPS) is 11.7. The largest absolute Gasteiger partial charge is 0.549 e. The van der Waals surface area contributed by atoms with E-state index >= 15 is 0 Å². The van der Waals surface area contributed by atoms with Gasteiger partial charge in [0.15, 0.2) is 0 Å². The van der Waals surface area contributed by atoms with Gasteiger partial charge in [-0.15, -0.1) is 0 Å². The van der Waals surface area contributed by atoms with Gasteiger partial charge in [-0.25, -0.2) is 0 Å². The molecule has 122 valence electrons. The Morgan fingerprint density at radius 3 is 2.41 bits per heavy atom. The number of nitrogens with one attached hydrogen (secondary N) is 1. The number of amides is 1. The number of carboxylic acid groups (broad SMARTS) is 1. The lowest BCUT2D eigenvalue weighted by molar-refractivity contribution is -0.308. The van der Waals surface area contributed by atoms with Gasteiger partial charge in [-0.3, -0.25) is 4.79 Å². The van der Waals surface area contributed by atoms with Crippen molar-refractivity contribution >= 4 is 11.9 Å². The fourth-order valence-corrected chi connectivity index (χ4v) is 2.14. The highest BCUT2D eigenvalue weighted by Gasteiger charge is 2.16. The summed E-state index contributed by atoms with van der Waals surface area (Å²) in [6.45, 7) is 2.81. The zero-order chi connectivity index (χ0) is 16.4. The van der Waals surface area contributed by atoms with Gasteiger partial charge in [0.25, 0.3) is 0 Å². The molecule has 0 saturated carbocycles. The van der Waals surface area contributed by atoms with Gasteiger partial charge < -0.3 is 20.0 Å². The summed E-state index contributed by atoms with van der Waals surface area (Å²) in [4.78, 5) is 22.6. The third-order valence-electron chi connectivity index (χ3n) is 3.50. The molecule has 5 heteroatoms. The Balaban J connectivity index is 2.57. The lowest BCUT2D eigenvalue weighted by Crippen LogP contribution is -2.33. The van der Waals surface area contributed by atoms with E-state index < -0.39 is 11.9 Å². The molecule has 0 aromatic heterocycles. The van der Waals surface area contributed by atoms with E-state index in [1.165, 1.54) is 19.9 Å². The van der Waals surface area contributed by atoms with Crippen molar-refractivity contribution in [3.8, 4) is 5.75 Å². The van der Waals surface area contributed by atoms with Crippen molar-refractivity contribution < 1.29 is 19.4 Å². The van der Waals surface area contributed by atoms with Crippen LogP contribution in [0.5, 0.6) is 5.75 Å². The Labute approximate surface area is 131 Å². The molecule has 0 saturated heterocycles. The molecule has 1 aromatic rings. The number of unbranched alkanes of at least 4 members (excludes halogenated alkanes) is 3. The van der Waals surface area contributed by atoms with E-state index in [4.69, 9.17) is 4.74 Å². The Morgan fingerprint density at radius 1 is 1.18 bits per heavy atom. The highest BCUT2D eigenvalue weighted by Crippen LogP contribution is 2.22. The van der Waals surface area contributed by atoms with E-state index in [-0.39, 0.29) is 12.3 Å². The Kier molecular flexibility index (Phi) is 8.04. The average molecular weight is 306 g/mol. The van der Waals surface area contributed by atoms with Crippen molar-refractivity contribution in [2.75, 3.05) is 13.7 Å². The molecule has 0 heterocycles. The van der Waals surface area contributed by atoms with E-state index in [1.54, 1.807) is 24.3 Å². The number of rotatable bonds is 10. The molecule has 1 amide bonds. The van der Waals surface area contributed by atoms with Crippen LogP contribution in [0.15, 0.2) is 24.3 Å². The van der Waals surface area contributed by atoms with E-state index in [1.807, 2.05) is 0 Å². The minimum Gasteiger partial charge on any atom is -0.549 e. The zero-order valence-electron chi connectivity index (χ0n) is 13.3. The van der Waals surface area contributed by atoms with Gasteiger partial charge in [0.05, 0.1) is 6.61 Å². The summed E-state index contributed by atoms with van der Waals surface area (Å²) in [6, 6.07) is 6.81. The number of hydrogen-bond acceptors (Lipinski definition) is 4. The van der Waals surface area contributed by atoms with Gasteiger partial charge in [0.1, 0.15) is 5.75 Å². The first-order chi connectivity index (χ1) is 10.6. The highest BCUT2D eigenvalue weighted by molar-refractivity contribution is 5.84. The summed E-state index contributed by atoms with van der Waals surface area (Å²) in [7, 11) is 1.48. The monoisotopic (exact) mass is 306 g/mol. The second kappa shape index (κ2) is 9.82. The molecule has 0 spiro atoms. The molecule has 0 unspecified atom stereocenters. The third kappa shape index (κ3) is 6.16. The molecule has 5 nitrogen and oxygen atoms in total. The zero-order valence-corrected chi connectivity index (χ0v) is 13.3. The van der Waals surface area contributed by atoms with Gasteiger partial charge in [0, 0.05) is 25.4 Å². The molecule has 1 atom stereocenters. The van der Waals surface area contributed by atoms with E-state index in [0.29, 0.717) is 17.9 Å². The van der Waals surface area contributed by atoms with Crippen molar-refractivity contribution in [1.29, 1.82) is 0 Å². The minimum atomic E-state index is -1.25. The van der Waals surface area contributed by atoms with Gasteiger partial charge in [0.2, 0.25) is 5.91 Å². The number of aliphatic carboxylic acids is 1. The molecule has 22 heavy (non-hydrogen) atoms. The first-order valence-electron chi connectivity index (χ1n) is 7.72. The van der Waals surface area contributed by atoms with Crippen LogP contribution in [0.4, 0.5) is 0 Å². The summed E-state index contributed by atoms with van der Waals surface area (Å²) >= 11 is 0. The Hall–Kier alpha value is -2.04. The van der Waals surface area contributed by atoms with Crippen LogP contribution in [0.2, 0.25) is 0 Å². The maximum atomic E-state index is 11.4. The van der Waals surface area contributed by atoms with E-state index in [9.17, 15) is 14.7 Å². The van der Waals surface area contributed by atoms with Gasteiger partial charge >= 0.3 is 0 Å². The lowest BCUT2D eigenvalue weighted by Gasteiger charge is -2.18. The topological polar surface area (TPSA) is 78.5 Å². The molecule has 1 rings (SSSR count). The van der Waals surface area contributed by atoms with Crippen LogP contribution in [0.3, 0.4) is 0 Å². The fourth-order valence-electron chi connectivity index (χ4n) is 2.14. The van der Waals surface area contributed by atoms with Crippen molar-refractivity contribution in [3.05, 3.63) is 29.8 Å². The summed E-state index contributed by atoms with van der Waals surface area (Å²) in [5, 5.41) is 13.6. The van der Waals surface area contributed by atoms with Crippen LogP contribution in [0.25, 0.3) is 0 Å². The van der Waals surface area contributed by atoms with Crippen LogP contribution in [-0.2, 0) is 9.59 Å². The maximum Gasteiger partial charge on any atom is 0.220 e. The SMILES string of the molecule is CCCCCCOc1ccc([C@@H](CC(=O)NC)C(=O)[O-])cc1. The molecule has 1 aromatic carbocycles. The van der Waals surface area contributed by atoms with E-state index in [0.717, 1.165) is 12.8 Å². The summed E-state index contributed by atoms with van der Waals surface area (Å²) in [5.41, 5.74) is 0.543. The molecular weight excluding hydrogens is 282 g/mol. The maximum absolute atomic E-state index is 11.4. The van der Waals surface area contributed by atoms with Crippen molar-refractivity contribution in [2.24, 2.45) is 0 Å². The molecule has 0 fully saturated rings. The van der Waals surface area contributed by atoms with Crippen molar-refractivity contribution in [1.82, 2.24) is 5.32 Å². The van der Waals surface area contributed by atoms with Gasteiger partial charge in [-0.05, 0) is 24.1 Å². The summed E-state index contributed by atoms with van der Waals surface area (Å²) < 4.78 is 5.61. The van der Waals surface area contributed by atoms with Crippen LogP contribution in [0.1, 0.15) is 50.5 Å². The Morgan fingerprint density at radius 2 is 1.86 bits per heavy atom. The molecule has 0 aliphatic heterocycles. The smallest absolute Gasteiger partial charge is 0.220 e. The first kappa shape index (κ1) is 18.0. The van der Waals surface area contributed by atoms with Gasteiger partial charge in [-0.1, -0.05) is 38.3 Å². The predicted molar refractivity (Wildman–Crippen MR) is 82.5 cm³/mol. The third-order valence-corrected chi connectivity index (χ3v) is 3.50. The van der Waals surface area contributed by atoms with Crippen LogP contribution >= 0.6 is 0 Å². The van der Waals surface area contributed by atoms with Crippen LogP contribution in [-0.4, -0.2) is 25.5 Å². The molecular formula is C17H24NO4-. The minimum absolute atomic E-state index is 0.129. The number of benzene rings is 1. The Bertz CT molecular complexity index is 470. The highest BCUT2D eigenvalue weighted by atomic mass is 16.5. The molecule has 0 bridgehead atoms. The lowest BCUT2D eigenvalue weighted by atomic mass is 9.95. The van der Waals surface area contributed by atoms with E-state index in [2.05, 4.69) is 12.2 Å². The molecule has 1 N–H and O–H groups in total. The second-order valence-electron chi connectivity index (χ2n) is 5.23. The van der Waals surface area contributed by atoms with Crippen LogP contribution < -0.4 is 15.2 Å². The quantitative estimate of drug-likeness (QED) is 0.666. The fraction of sp³-hybridized carbons (Fsp3) is 0.529. The first-order valence-corrected chi connectivity index (χ1v) is 7.72. The molecule has 0 radical (unpaired) electrons. The van der Waals surface area contributed by atoms with Gasteiger partial charge in [-0.2, -0.15) is 0 Å². The number of carboxylic acids is 1. The standard InChI is InChI=1S/C17H25NO4/c1-3-4-5-6-11-22-14-9-7-13(8-10-14)15(17(20)21)12-16(19)18-2/h7-10,15H,3-6,11-12H2,1-2H3,(H,18,19)(H,20,21)/p-1/t15-/m1/s1. The van der Waals surface area contributed by atoms with Crippen molar-refractivity contribution in [3.63, 3.8) is 0 Å². The number of carbonyl (C=O) groups excluding carboxylic acids is 2. The van der Waals surface area contributed by atoms with Crippen LogP contribution in [0, 0.1) is 0 Å². The summed E-state index contributed by atoms with van der Waals surface area (Å²) in [5.74, 6) is -1.82. The predicted octanol–water partition coefficient (Wildman–Crippen LogP) is 1.62. The summed E-state index contributed by atoms with van der Waals surface area (Å²) in [6.07, 6.45) is 4.41. The molecule has 0 aliphatic rings. The number of ether oxygens (including phenoxy) is 1. The second-order valence-corrected chi connectivity index (χ2v) is 5.23. The number of carbonyl (C=O) groups is 2. The molecule has 0 aliphatic carbocycles. The van der Waals surface area contributed by atoms with Crippen molar-refractivity contribution in [2.45, 2.75) is 44.9 Å². The average Bonchev–Trinajstić information content (AvgIpc) is 2.52. The number of hydrogen-bond donors (Lipinski definition) is 1.